The number of aryl methyl sites for hydroxylation is 2. The van der Waals surface area contributed by atoms with Gasteiger partial charge in [0.1, 0.15) is 0 Å². The zero-order chi connectivity index (χ0) is 12.3. The van der Waals surface area contributed by atoms with E-state index in [1.165, 1.54) is 47.7 Å². The minimum Gasteiger partial charge on any atom is -0.309 e. The van der Waals surface area contributed by atoms with Gasteiger partial charge in [0, 0.05) is 17.5 Å². The summed E-state index contributed by atoms with van der Waals surface area (Å²) >= 11 is 1.84. The Hall–Kier alpha value is -0.410. The molecule has 0 radical (unpaired) electrons. The van der Waals surface area contributed by atoms with Crippen LogP contribution in [0.3, 0.4) is 0 Å². The van der Waals surface area contributed by atoms with Gasteiger partial charge in [-0.1, -0.05) is 19.8 Å². The first kappa shape index (κ1) is 13.0. The summed E-state index contributed by atoms with van der Waals surface area (Å²) in [4.78, 5) is 5.90. The summed E-state index contributed by atoms with van der Waals surface area (Å²) in [6.45, 7) is 7.61. The van der Waals surface area contributed by atoms with Crippen molar-refractivity contribution in [1.82, 2.24) is 10.3 Å². The van der Waals surface area contributed by atoms with Crippen LogP contribution in [0.5, 0.6) is 0 Å². The highest BCUT2D eigenvalue weighted by molar-refractivity contribution is 7.11. The fraction of sp³-hybridized carbons (Fsp3) is 0.786. The standard InChI is InChI=1S/C14H24N2S/c1-10-5-4-6-13(8-7-10)15-9-14-11(2)16-12(3)17-14/h10,13,15H,4-9H2,1-3H3. The topological polar surface area (TPSA) is 24.9 Å². The minimum absolute atomic E-state index is 0.724. The summed E-state index contributed by atoms with van der Waals surface area (Å²) in [7, 11) is 0. The first-order valence-electron chi connectivity index (χ1n) is 6.81. The van der Waals surface area contributed by atoms with Crippen LogP contribution in [0.1, 0.15) is 54.6 Å². The zero-order valence-electron chi connectivity index (χ0n) is 11.3. The maximum Gasteiger partial charge on any atom is 0.0900 e. The van der Waals surface area contributed by atoms with E-state index in [9.17, 15) is 0 Å². The Morgan fingerprint density at radius 1 is 1.24 bits per heavy atom. The molecule has 1 saturated carbocycles. The van der Waals surface area contributed by atoms with E-state index < -0.39 is 0 Å². The number of hydrogen-bond acceptors (Lipinski definition) is 3. The molecular formula is C14H24N2S. The normalized spacial score (nSPS) is 25.8. The maximum atomic E-state index is 4.48. The number of nitrogens with zero attached hydrogens (tertiary/aromatic N) is 1. The Morgan fingerprint density at radius 3 is 2.76 bits per heavy atom. The van der Waals surface area contributed by atoms with Crippen molar-refractivity contribution in [3.05, 3.63) is 15.6 Å². The van der Waals surface area contributed by atoms with Crippen LogP contribution in [0.25, 0.3) is 0 Å². The van der Waals surface area contributed by atoms with Crippen molar-refractivity contribution in [1.29, 1.82) is 0 Å². The van der Waals surface area contributed by atoms with Crippen molar-refractivity contribution in [2.45, 2.75) is 65.5 Å². The predicted octanol–water partition coefficient (Wildman–Crippen LogP) is 3.82. The van der Waals surface area contributed by atoms with E-state index in [4.69, 9.17) is 0 Å². The molecule has 2 atom stereocenters. The van der Waals surface area contributed by atoms with Crippen LogP contribution < -0.4 is 5.32 Å². The van der Waals surface area contributed by atoms with E-state index in [1.807, 2.05) is 11.3 Å². The molecular weight excluding hydrogens is 228 g/mol. The third-order valence-corrected chi connectivity index (χ3v) is 4.88. The van der Waals surface area contributed by atoms with Gasteiger partial charge in [0.25, 0.3) is 0 Å². The van der Waals surface area contributed by atoms with Gasteiger partial charge in [-0.2, -0.15) is 0 Å². The Labute approximate surface area is 109 Å². The number of hydrogen-bond donors (Lipinski definition) is 1. The first-order valence-corrected chi connectivity index (χ1v) is 7.63. The van der Waals surface area contributed by atoms with Gasteiger partial charge in [-0.25, -0.2) is 4.98 Å². The smallest absolute Gasteiger partial charge is 0.0900 e. The van der Waals surface area contributed by atoms with Crippen LogP contribution in [0, 0.1) is 19.8 Å². The third-order valence-electron chi connectivity index (χ3n) is 3.81. The highest BCUT2D eigenvalue weighted by Gasteiger charge is 2.16. The summed E-state index contributed by atoms with van der Waals surface area (Å²) in [5.41, 5.74) is 1.21. The summed E-state index contributed by atoms with van der Waals surface area (Å²) in [6.07, 6.45) is 6.88. The third kappa shape index (κ3) is 3.78. The SMILES string of the molecule is Cc1nc(C)c(CNC2CCCC(C)CC2)s1. The van der Waals surface area contributed by atoms with Gasteiger partial charge in [-0.3, -0.25) is 0 Å². The van der Waals surface area contributed by atoms with Gasteiger partial charge < -0.3 is 5.32 Å². The monoisotopic (exact) mass is 252 g/mol. The Balaban J connectivity index is 1.83. The second kappa shape index (κ2) is 5.96. The molecule has 96 valence electrons. The van der Waals surface area contributed by atoms with Crippen molar-refractivity contribution in [2.24, 2.45) is 5.92 Å². The lowest BCUT2D eigenvalue weighted by molar-refractivity contribution is 0.448. The molecule has 2 nitrogen and oxygen atoms in total. The maximum absolute atomic E-state index is 4.48. The summed E-state index contributed by atoms with van der Waals surface area (Å²) in [6, 6.07) is 0.724. The molecule has 17 heavy (non-hydrogen) atoms. The second-order valence-corrected chi connectivity index (χ2v) is 6.72. The molecule has 2 unspecified atom stereocenters. The average Bonchev–Trinajstić information content (AvgIpc) is 2.48. The molecule has 0 saturated heterocycles. The molecule has 0 spiro atoms. The second-order valence-electron chi connectivity index (χ2n) is 5.43. The fourth-order valence-electron chi connectivity index (χ4n) is 2.67. The predicted molar refractivity (Wildman–Crippen MR) is 74.5 cm³/mol. The number of rotatable bonds is 3. The van der Waals surface area contributed by atoms with Crippen LogP contribution >= 0.6 is 11.3 Å². The largest absolute Gasteiger partial charge is 0.309 e. The molecule has 3 heteroatoms. The van der Waals surface area contributed by atoms with Gasteiger partial charge in [0.15, 0.2) is 0 Å². The van der Waals surface area contributed by atoms with E-state index in [1.54, 1.807) is 0 Å². The molecule has 1 aliphatic carbocycles. The van der Waals surface area contributed by atoms with Crippen LogP contribution in [-0.2, 0) is 6.54 Å². The quantitative estimate of drug-likeness (QED) is 0.827. The molecule has 1 aromatic rings. The van der Waals surface area contributed by atoms with Crippen LogP contribution in [0.2, 0.25) is 0 Å². The van der Waals surface area contributed by atoms with Crippen molar-refractivity contribution < 1.29 is 0 Å². The minimum atomic E-state index is 0.724. The highest BCUT2D eigenvalue weighted by atomic mass is 32.1. The zero-order valence-corrected chi connectivity index (χ0v) is 12.1. The van der Waals surface area contributed by atoms with E-state index >= 15 is 0 Å². The van der Waals surface area contributed by atoms with Crippen LogP contribution in [0.15, 0.2) is 0 Å². The van der Waals surface area contributed by atoms with Crippen molar-refractivity contribution >= 4 is 11.3 Å². The lowest BCUT2D eigenvalue weighted by atomic mass is 10.0. The van der Waals surface area contributed by atoms with Gasteiger partial charge >= 0.3 is 0 Å². The molecule has 0 bridgehead atoms. The fourth-order valence-corrected chi connectivity index (χ4v) is 3.55. The number of thiazole rings is 1. The van der Waals surface area contributed by atoms with E-state index in [0.717, 1.165) is 18.5 Å². The molecule has 0 aromatic carbocycles. The Bertz CT molecular complexity index is 359. The van der Waals surface area contributed by atoms with Crippen LogP contribution in [-0.4, -0.2) is 11.0 Å². The van der Waals surface area contributed by atoms with E-state index in [0.29, 0.717) is 0 Å². The molecule has 0 amide bonds. The Morgan fingerprint density at radius 2 is 2.06 bits per heavy atom. The molecule has 1 aromatic heterocycles. The van der Waals surface area contributed by atoms with E-state index in [-0.39, 0.29) is 0 Å². The lowest BCUT2D eigenvalue weighted by Gasteiger charge is -2.15. The molecule has 1 fully saturated rings. The van der Waals surface area contributed by atoms with Gasteiger partial charge in [0.05, 0.1) is 10.7 Å². The number of aromatic nitrogens is 1. The van der Waals surface area contributed by atoms with Crippen molar-refractivity contribution in [2.75, 3.05) is 0 Å². The van der Waals surface area contributed by atoms with Gasteiger partial charge in [-0.05, 0) is 39.0 Å². The number of nitrogens with one attached hydrogen (secondary N) is 1. The summed E-state index contributed by atoms with van der Waals surface area (Å²) in [5, 5.41) is 4.91. The van der Waals surface area contributed by atoms with E-state index in [2.05, 4.69) is 31.1 Å². The van der Waals surface area contributed by atoms with Gasteiger partial charge in [0.2, 0.25) is 0 Å². The van der Waals surface area contributed by atoms with Crippen molar-refractivity contribution in [3.63, 3.8) is 0 Å². The van der Waals surface area contributed by atoms with Crippen molar-refractivity contribution in [3.8, 4) is 0 Å². The van der Waals surface area contributed by atoms with Gasteiger partial charge in [-0.15, -0.1) is 11.3 Å². The average molecular weight is 252 g/mol. The molecule has 1 heterocycles. The van der Waals surface area contributed by atoms with Crippen LogP contribution in [0.4, 0.5) is 0 Å². The Kier molecular flexibility index (Phi) is 4.57. The summed E-state index contributed by atoms with van der Waals surface area (Å²) in [5.74, 6) is 0.925. The molecule has 1 N–H and O–H groups in total. The molecule has 2 rings (SSSR count). The highest BCUT2D eigenvalue weighted by Crippen LogP contribution is 2.23. The molecule has 0 aliphatic heterocycles. The summed E-state index contributed by atoms with van der Waals surface area (Å²) < 4.78 is 0. The lowest BCUT2D eigenvalue weighted by Crippen LogP contribution is -2.27. The first-order chi connectivity index (χ1) is 8.15. The molecule has 1 aliphatic rings.